The molecule has 2 N–H and O–H groups in total. The Hall–Kier alpha value is -1.26. The van der Waals surface area contributed by atoms with Crippen molar-refractivity contribution in [2.24, 2.45) is 0 Å². The van der Waals surface area contributed by atoms with Crippen LogP contribution in [-0.2, 0) is 4.79 Å². The number of thioether (sulfide) groups is 1. The summed E-state index contributed by atoms with van der Waals surface area (Å²) in [7, 11) is 0. The third-order valence-electron chi connectivity index (χ3n) is 2.99. The Balaban J connectivity index is 2.56. The van der Waals surface area contributed by atoms with Gasteiger partial charge < -0.3 is 10.6 Å². The molecule has 1 rings (SSSR count). The van der Waals surface area contributed by atoms with Crippen molar-refractivity contribution >= 4 is 17.7 Å². The number of rotatable bonds is 8. The zero-order chi connectivity index (χ0) is 15.0. The van der Waals surface area contributed by atoms with Gasteiger partial charge in [0.25, 0.3) is 0 Å². The lowest BCUT2D eigenvalue weighted by molar-refractivity contribution is -0.120. The molecule has 0 saturated heterocycles. The first kappa shape index (κ1) is 16.8. The van der Waals surface area contributed by atoms with E-state index in [2.05, 4.69) is 55.3 Å². The van der Waals surface area contributed by atoms with Gasteiger partial charge in [-0.25, -0.2) is 0 Å². The molecule has 0 aliphatic carbocycles. The van der Waals surface area contributed by atoms with Crippen molar-refractivity contribution in [2.75, 3.05) is 13.1 Å². The predicted molar refractivity (Wildman–Crippen MR) is 87.1 cm³/mol. The summed E-state index contributed by atoms with van der Waals surface area (Å²) in [5.74, 6) is 0.0417. The Morgan fingerprint density at radius 1 is 1.35 bits per heavy atom. The summed E-state index contributed by atoms with van der Waals surface area (Å²) >= 11 is 1.57. The second kappa shape index (κ2) is 8.82. The van der Waals surface area contributed by atoms with Gasteiger partial charge in [0, 0.05) is 17.5 Å². The highest BCUT2D eigenvalue weighted by Crippen LogP contribution is 2.25. The van der Waals surface area contributed by atoms with Crippen molar-refractivity contribution in [1.82, 2.24) is 10.6 Å². The number of carbonyl (C=O) groups excluding carboxylic acids is 1. The van der Waals surface area contributed by atoms with E-state index in [0.717, 1.165) is 11.4 Å². The van der Waals surface area contributed by atoms with E-state index in [9.17, 15) is 4.79 Å². The molecule has 0 fully saturated rings. The Bertz CT molecular complexity index is 431. The molecule has 0 aromatic heterocycles. The van der Waals surface area contributed by atoms with Crippen LogP contribution in [0.2, 0.25) is 0 Å². The molecule has 0 spiro atoms. The summed E-state index contributed by atoms with van der Waals surface area (Å²) in [4.78, 5) is 12.9. The van der Waals surface area contributed by atoms with Crippen LogP contribution in [0.15, 0.2) is 41.8 Å². The minimum atomic E-state index is -0.105. The lowest BCUT2D eigenvalue weighted by Crippen LogP contribution is -2.30. The molecular formula is C16H24N2OS. The molecule has 0 radical (unpaired) electrons. The standard InChI is InChI=1S/C16H24N2OS/c1-5-11-18-16(19)13(4)20-15-9-7-14(8-10-15)12(3)17-6-2/h5,7-10,12-13,17H,1,6,11H2,2-4H3,(H,18,19). The van der Waals surface area contributed by atoms with E-state index in [1.54, 1.807) is 17.8 Å². The maximum absolute atomic E-state index is 11.8. The highest BCUT2D eigenvalue weighted by atomic mass is 32.2. The number of hydrogen-bond donors (Lipinski definition) is 2. The fourth-order valence-corrected chi connectivity index (χ4v) is 2.73. The fourth-order valence-electron chi connectivity index (χ4n) is 1.83. The first-order valence-electron chi connectivity index (χ1n) is 6.97. The largest absolute Gasteiger partial charge is 0.352 e. The van der Waals surface area contributed by atoms with Gasteiger partial charge in [-0.1, -0.05) is 25.1 Å². The van der Waals surface area contributed by atoms with Gasteiger partial charge in [0.1, 0.15) is 0 Å². The van der Waals surface area contributed by atoms with Crippen molar-refractivity contribution in [3.8, 4) is 0 Å². The van der Waals surface area contributed by atoms with Gasteiger partial charge in [-0.05, 0) is 38.1 Å². The van der Waals surface area contributed by atoms with E-state index in [1.165, 1.54) is 5.56 Å². The summed E-state index contributed by atoms with van der Waals surface area (Å²) in [6.45, 7) is 11.2. The summed E-state index contributed by atoms with van der Waals surface area (Å²) in [6, 6.07) is 8.73. The maximum Gasteiger partial charge on any atom is 0.233 e. The molecule has 0 aliphatic heterocycles. The summed E-state index contributed by atoms with van der Waals surface area (Å²) < 4.78 is 0. The number of amides is 1. The molecule has 1 aromatic carbocycles. The van der Waals surface area contributed by atoms with E-state index in [1.807, 2.05) is 6.92 Å². The average Bonchev–Trinajstić information content (AvgIpc) is 2.45. The van der Waals surface area contributed by atoms with E-state index in [-0.39, 0.29) is 11.2 Å². The molecule has 3 nitrogen and oxygen atoms in total. The average molecular weight is 292 g/mol. The van der Waals surface area contributed by atoms with E-state index >= 15 is 0 Å². The molecule has 0 heterocycles. The monoisotopic (exact) mass is 292 g/mol. The zero-order valence-corrected chi connectivity index (χ0v) is 13.3. The highest BCUT2D eigenvalue weighted by Gasteiger charge is 2.13. The number of hydrogen-bond acceptors (Lipinski definition) is 3. The Morgan fingerprint density at radius 3 is 2.55 bits per heavy atom. The first-order valence-corrected chi connectivity index (χ1v) is 7.85. The van der Waals surface area contributed by atoms with Gasteiger partial charge in [-0.15, -0.1) is 18.3 Å². The van der Waals surface area contributed by atoms with E-state index in [4.69, 9.17) is 0 Å². The second-order valence-electron chi connectivity index (χ2n) is 4.64. The third kappa shape index (κ3) is 5.39. The van der Waals surface area contributed by atoms with Crippen LogP contribution in [0.25, 0.3) is 0 Å². The summed E-state index contributed by atoms with van der Waals surface area (Å²) in [5, 5.41) is 6.09. The van der Waals surface area contributed by atoms with Crippen LogP contribution in [0.4, 0.5) is 0 Å². The molecule has 110 valence electrons. The number of carbonyl (C=O) groups is 1. The molecular weight excluding hydrogens is 268 g/mol. The van der Waals surface area contributed by atoms with Gasteiger partial charge >= 0.3 is 0 Å². The predicted octanol–water partition coefficient (Wildman–Crippen LogP) is 3.14. The molecule has 1 aromatic rings. The lowest BCUT2D eigenvalue weighted by Gasteiger charge is -2.14. The Kier molecular flexibility index (Phi) is 7.41. The van der Waals surface area contributed by atoms with Crippen LogP contribution in [0.5, 0.6) is 0 Å². The molecule has 2 unspecified atom stereocenters. The molecule has 4 heteroatoms. The van der Waals surface area contributed by atoms with E-state index in [0.29, 0.717) is 12.6 Å². The molecule has 2 atom stereocenters. The number of benzene rings is 1. The maximum atomic E-state index is 11.8. The van der Waals surface area contributed by atoms with Crippen molar-refractivity contribution < 1.29 is 4.79 Å². The highest BCUT2D eigenvalue weighted by molar-refractivity contribution is 8.00. The third-order valence-corrected chi connectivity index (χ3v) is 4.11. The molecule has 0 saturated carbocycles. The molecule has 0 aliphatic rings. The fraction of sp³-hybridized carbons (Fsp3) is 0.438. The second-order valence-corrected chi connectivity index (χ2v) is 6.06. The van der Waals surface area contributed by atoms with Crippen molar-refractivity contribution in [3.63, 3.8) is 0 Å². The smallest absolute Gasteiger partial charge is 0.233 e. The van der Waals surface area contributed by atoms with Gasteiger partial charge in [-0.2, -0.15) is 0 Å². The van der Waals surface area contributed by atoms with Crippen molar-refractivity contribution in [1.29, 1.82) is 0 Å². The van der Waals surface area contributed by atoms with Crippen LogP contribution in [-0.4, -0.2) is 24.2 Å². The van der Waals surface area contributed by atoms with Gasteiger partial charge in [0.15, 0.2) is 0 Å². The SMILES string of the molecule is C=CCNC(=O)C(C)Sc1ccc(C(C)NCC)cc1. The van der Waals surface area contributed by atoms with Crippen LogP contribution in [0, 0.1) is 0 Å². The van der Waals surface area contributed by atoms with Crippen LogP contribution in [0.3, 0.4) is 0 Å². The summed E-state index contributed by atoms with van der Waals surface area (Å²) in [5.41, 5.74) is 1.26. The van der Waals surface area contributed by atoms with E-state index < -0.39 is 0 Å². The van der Waals surface area contributed by atoms with Crippen molar-refractivity contribution in [3.05, 3.63) is 42.5 Å². The minimum absolute atomic E-state index is 0.0417. The first-order chi connectivity index (χ1) is 9.58. The van der Waals surface area contributed by atoms with Crippen molar-refractivity contribution in [2.45, 2.75) is 37.0 Å². The Morgan fingerprint density at radius 2 is 2.00 bits per heavy atom. The molecule has 0 bridgehead atoms. The lowest BCUT2D eigenvalue weighted by atomic mass is 10.1. The molecule has 1 amide bonds. The quantitative estimate of drug-likeness (QED) is 0.571. The summed E-state index contributed by atoms with van der Waals surface area (Å²) in [6.07, 6.45) is 1.69. The van der Waals surface area contributed by atoms with Gasteiger partial charge in [0.2, 0.25) is 5.91 Å². The topological polar surface area (TPSA) is 41.1 Å². The van der Waals surface area contributed by atoms with Crippen LogP contribution < -0.4 is 10.6 Å². The number of nitrogens with one attached hydrogen (secondary N) is 2. The minimum Gasteiger partial charge on any atom is -0.352 e. The van der Waals surface area contributed by atoms with Crippen LogP contribution >= 0.6 is 11.8 Å². The molecule has 20 heavy (non-hydrogen) atoms. The Labute approximate surface area is 126 Å². The normalized spacial score (nSPS) is 13.6. The van der Waals surface area contributed by atoms with Gasteiger partial charge in [0.05, 0.1) is 5.25 Å². The zero-order valence-electron chi connectivity index (χ0n) is 12.5. The van der Waals surface area contributed by atoms with Crippen LogP contribution in [0.1, 0.15) is 32.4 Å². The van der Waals surface area contributed by atoms with Gasteiger partial charge in [-0.3, -0.25) is 4.79 Å².